The minimum absolute atomic E-state index is 0.00552. The van der Waals surface area contributed by atoms with Crippen molar-refractivity contribution in [2.45, 2.75) is 18.1 Å². The number of benzene rings is 2. The second-order valence-corrected chi connectivity index (χ2v) is 8.23. The Bertz CT molecular complexity index is 1040. The normalized spacial score (nSPS) is 16.3. The van der Waals surface area contributed by atoms with Gasteiger partial charge in [0.15, 0.2) is 16.7 Å². The van der Waals surface area contributed by atoms with Gasteiger partial charge in [0.25, 0.3) is 0 Å². The average Bonchev–Trinajstić information content (AvgIpc) is 3.17. The highest BCUT2D eigenvalue weighted by Crippen LogP contribution is 2.30. The molecule has 2 aromatic rings. The lowest BCUT2D eigenvalue weighted by Gasteiger charge is -2.12. The Balaban J connectivity index is 1.55. The van der Waals surface area contributed by atoms with Gasteiger partial charge in [0.2, 0.25) is 11.8 Å². The lowest BCUT2D eigenvalue weighted by Crippen LogP contribution is -2.28. The van der Waals surface area contributed by atoms with E-state index in [1.807, 2.05) is 18.2 Å². The van der Waals surface area contributed by atoms with Crippen molar-refractivity contribution in [1.29, 1.82) is 0 Å². The van der Waals surface area contributed by atoms with Crippen LogP contribution in [0.3, 0.4) is 0 Å². The number of rotatable bonds is 10. The van der Waals surface area contributed by atoms with Crippen LogP contribution < -0.4 is 29.6 Å². The zero-order valence-electron chi connectivity index (χ0n) is 19.0. The fourth-order valence-corrected chi connectivity index (χ4v) is 4.21. The molecule has 33 heavy (non-hydrogen) atoms. The molecule has 1 fully saturated rings. The van der Waals surface area contributed by atoms with Gasteiger partial charge in [0.1, 0.15) is 16.7 Å². The zero-order valence-corrected chi connectivity index (χ0v) is 19.8. The first-order chi connectivity index (χ1) is 16.0. The van der Waals surface area contributed by atoms with E-state index in [1.165, 1.54) is 18.9 Å². The van der Waals surface area contributed by atoms with Crippen LogP contribution in [-0.2, 0) is 16.0 Å². The van der Waals surface area contributed by atoms with Crippen LogP contribution in [-0.4, -0.2) is 57.2 Å². The number of carbonyl (C=O) groups excluding carboxylic acids is 2. The van der Waals surface area contributed by atoms with Crippen molar-refractivity contribution in [2.24, 2.45) is 4.99 Å². The molecule has 0 aromatic heterocycles. The molecule has 1 aliphatic rings. The largest absolute Gasteiger partial charge is 0.497 e. The highest BCUT2D eigenvalue weighted by atomic mass is 32.2. The first kappa shape index (κ1) is 24.2. The van der Waals surface area contributed by atoms with Crippen molar-refractivity contribution in [3.63, 3.8) is 0 Å². The quantitative estimate of drug-likeness (QED) is 0.546. The maximum Gasteiger partial charge on any atom is 0.240 e. The molecular weight excluding hydrogens is 446 g/mol. The standard InChI is InChI=1S/C23H27N3O6S/c1-29-15-6-8-17(30-2)16(12-15)25-21(27)13-20-22(28)26-23(33-20)24-10-9-14-5-7-18(31-3)19(11-14)32-4/h5-8,11-12,20H,9-10,13H2,1-4H3,(H,25,27)(H,24,26,28)/t20-/m0/s1. The fourth-order valence-electron chi connectivity index (χ4n) is 3.22. The van der Waals surface area contributed by atoms with Crippen LogP contribution in [0, 0.1) is 0 Å². The van der Waals surface area contributed by atoms with E-state index in [0.717, 1.165) is 5.56 Å². The number of amides is 2. The van der Waals surface area contributed by atoms with E-state index in [2.05, 4.69) is 15.6 Å². The molecule has 0 radical (unpaired) electrons. The van der Waals surface area contributed by atoms with Gasteiger partial charge in [-0.3, -0.25) is 14.6 Å². The van der Waals surface area contributed by atoms with Crippen LogP contribution in [0.5, 0.6) is 23.0 Å². The Kier molecular flexibility index (Phi) is 8.42. The number of thioether (sulfide) groups is 1. The molecule has 176 valence electrons. The molecule has 1 heterocycles. The Hall–Kier alpha value is -3.40. The second-order valence-electron chi connectivity index (χ2n) is 7.04. The number of anilines is 1. The summed E-state index contributed by atoms with van der Waals surface area (Å²) in [6.45, 7) is 0.484. The molecule has 2 N–H and O–H groups in total. The van der Waals surface area contributed by atoms with Crippen molar-refractivity contribution < 1.29 is 28.5 Å². The van der Waals surface area contributed by atoms with Gasteiger partial charge in [-0.05, 0) is 36.2 Å². The molecule has 0 bridgehead atoms. The Morgan fingerprint density at radius 3 is 2.42 bits per heavy atom. The Morgan fingerprint density at radius 2 is 1.73 bits per heavy atom. The SMILES string of the molecule is COc1ccc(OC)c(NC(=O)C[C@@H]2SC(=NCCc3ccc(OC)c(OC)c3)NC2=O)c1. The van der Waals surface area contributed by atoms with Gasteiger partial charge < -0.3 is 29.6 Å². The monoisotopic (exact) mass is 473 g/mol. The summed E-state index contributed by atoms with van der Waals surface area (Å²) in [6.07, 6.45) is 0.673. The number of ether oxygens (including phenoxy) is 4. The number of hydrogen-bond donors (Lipinski definition) is 2. The van der Waals surface area contributed by atoms with Crippen LogP contribution in [0.15, 0.2) is 41.4 Å². The third-order valence-corrected chi connectivity index (χ3v) is 6.05. The van der Waals surface area contributed by atoms with E-state index in [9.17, 15) is 9.59 Å². The smallest absolute Gasteiger partial charge is 0.240 e. The summed E-state index contributed by atoms with van der Waals surface area (Å²) in [4.78, 5) is 29.3. The molecule has 3 rings (SSSR count). The molecule has 9 nitrogen and oxygen atoms in total. The van der Waals surface area contributed by atoms with Gasteiger partial charge >= 0.3 is 0 Å². The Morgan fingerprint density at radius 1 is 1.00 bits per heavy atom. The van der Waals surface area contributed by atoms with Crippen molar-refractivity contribution in [1.82, 2.24) is 5.32 Å². The van der Waals surface area contributed by atoms with Gasteiger partial charge in [0, 0.05) is 19.0 Å². The minimum atomic E-state index is -0.554. The maximum absolute atomic E-state index is 12.5. The molecule has 0 aliphatic carbocycles. The highest BCUT2D eigenvalue weighted by Gasteiger charge is 2.32. The van der Waals surface area contributed by atoms with Gasteiger partial charge in [-0.15, -0.1) is 0 Å². The second kappa shape index (κ2) is 11.5. The highest BCUT2D eigenvalue weighted by molar-refractivity contribution is 8.15. The zero-order chi connectivity index (χ0) is 23.8. The van der Waals surface area contributed by atoms with Crippen LogP contribution in [0.4, 0.5) is 5.69 Å². The third-order valence-electron chi connectivity index (χ3n) is 4.93. The van der Waals surface area contributed by atoms with E-state index in [-0.39, 0.29) is 18.2 Å². The molecule has 1 aliphatic heterocycles. The minimum Gasteiger partial charge on any atom is -0.497 e. The average molecular weight is 474 g/mol. The van der Waals surface area contributed by atoms with E-state index < -0.39 is 5.25 Å². The summed E-state index contributed by atoms with van der Waals surface area (Å²) in [5, 5.41) is 5.49. The summed E-state index contributed by atoms with van der Waals surface area (Å²) in [5.41, 5.74) is 1.52. The topological polar surface area (TPSA) is 107 Å². The van der Waals surface area contributed by atoms with Gasteiger partial charge in [-0.2, -0.15) is 0 Å². The molecule has 0 spiro atoms. The third kappa shape index (κ3) is 6.32. The number of nitrogens with zero attached hydrogens (tertiary/aromatic N) is 1. The predicted molar refractivity (Wildman–Crippen MR) is 128 cm³/mol. The molecule has 0 saturated carbocycles. The Labute approximate surface area is 196 Å². The molecule has 10 heteroatoms. The van der Waals surface area contributed by atoms with E-state index in [1.54, 1.807) is 39.5 Å². The summed E-state index contributed by atoms with van der Waals surface area (Å²) in [7, 11) is 6.24. The molecule has 0 unspecified atom stereocenters. The van der Waals surface area contributed by atoms with Crippen molar-refractivity contribution in [3.05, 3.63) is 42.0 Å². The number of amidine groups is 1. The first-order valence-electron chi connectivity index (χ1n) is 10.2. The summed E-state index contributed by atoms with van der Waals surface area (Å²) in [6, 6.07) is 10.8. The van der Waals surface area contributed by atoms with Crippen LogP contribution >= 0.6 is 11.8 Å². The predicted octanol–water partition coefficient (Wildman–Crippen LogP) is 2.88. The van der Waals surface area contributed by atoms with E-state index in [0.29, 0.717) is 46.8 Å². The molecule has 1 saturated heterocycles. The van der Waals surface area contributed by atoms with Gasteiger partial charge in [0.05, 0.1) is 34.1 Å². The number of carbonyl (C=O) groups is 2. The van der Waals surface area contributed by atoms with E-state index >= 15 is 0 Å². The maximum atomic E-state index is 12.5. The molecule has 2 aromatic carbocycles. The van der Waals surface area contributed by atoms with Gasteiger partial charge in [-0.1, -0.05) is 17.8 Å². The van der Waals surface area contributed by atoms with E-state index in [4.69, 9.17) is 18.9 Å². The molecular formula is C23H27N3O6S. The number of aliphatic imine (C=N–C) groups is 1. The lowest BCUT2D eigenvalue weighted by atomic mass is 10.1. The molecule has 2 amide bonds. The number of methoxy groups -OCH3 is 4. The number of nitrogens with one attached hydrogen (secondary N) is 2. The van der Waals surface area contributed by atoms with Gasteiger partial charge in [-0.25, -0.2) is 0 Å². The summed E-state index contributed by atoms with van der Waals surface area (Å²) >= 11 is 1.25. The summed E-state index contributed by atoms with van der Waals surface area (Å²) < 4.78 is 21.0. The number of hydrogen-bond acceptors (Lipinski definition) is 8. The van der Waals surface area contributed by atoms with Crippen molar-refractivity contribution >= 4 is 34.4 Å². The fraction of sp³-hybridized carbons (Fsp3) is 0.348. The van der Waals surface area contributed by atoms with Crippen LogP contribution in [0.2, 0.25) is 0 Å². The first-order valence-corrected chi connectivity index (χ1v) is 11.1. The molecule has 1 atom stereocenters. The lowest BCUT2D eigenvalue weighted by molar-refractivity contribution is -0.122. The van der Waals surface area contributed by atoms with Crippen molar-refractivity contribution in [2.75, 3.05) is 40.3 Å². The van der Waals surface area contributed by atoms with Crippen LogP contribution in [0.25, 0.3) is 0 Å². The van der Waals surface area contributed by atoms with Crippen LogP contribution in [0.1, 0.15) is 12.0 Å². The summed E-state index contributed by atoms with van der Waals surface area (Å²) in [5.74, 6) is 1.87. The van der Waals surface area contributed by atoms with Crippen molar-refractivity contribution in [3.8, 4) is 23.0 Å².